The first-order valence-corrected chi connectivity index (χ1v) is 9.39. The molecule has 138 valence electrons. The molecular weight excluding hydrogens is 338 g/mol. The minimum atomic E-state index is -0.523. The molecule has 0 fully saturated rings. The van der Waals surface area contributed by atoms with Crippen molar-refractivity contribution in [1.82, 2.24) is 0 Å². The number of benzene rings is 2. The van der Waals surface area contributed by atoms with Crippen LogP contribution in [-0.2, 0) is 5.41 Å². The number of nitrogens with zero attached hydrogens (tertiary/aromatic N) is 1. The van der Waals surface area contributed by atoms with Gasteiger partial charge in [-0.1, -0.05) is 44.2 Å². The molecule has 4 rings (SSSR count). The highest BCUT2D eigenvalue weighted by Gasteiger charge is 2.41. The van der Waals surface area contributed by atoms with Crippen LogP contribution in [0, 0.1) is 0 Å². The Labute approximate surface area is 158 Å². The van der Waals surface area contributed by atoms with Crippen LogP contribution in [-0.4, -0.2) is 13.2 Å². The third-order valence-corrected chi connectivity index (χ3v) is 5.54. The zero-order valence-corrected chi connectivity index (χ0v) is 16.1. The van der Waals surface area contributed by atoms with Crippen molar-refractivity contribution in [2.75, 3.05) is 18.1 Å². The standard InChI is InChI=1S/C23H23NO3/c1-5-24-17-12-11-14-9-7-8-10-15(14)19(17)23(3,4)18(24)13-16-20(25)21(26)22(16)27-6-2/h7-13H,5-6H2,1-4H3/b18-13-. The van der Waals surface area contributed by atoms with Gasteiger partial charge in [0.15, 0.2) is 5.75 Å². The number of fused-ring (bicyclic) bond motifs is 3. The van der Waals surface area contributed by atoms with E-state index < -0.39 is 10.9 Å². The molecule has 0 amide bonds. The lowest BCUT2D eigenvalue weighted by atomic mass is 9.80. The Balaban J connectivity index is 1.95. The summed E-state index contributed by atoms with van der Waals surface area (Å²) in [4.78, 5) is 26.3. The van der Waals surface area contributed by atoms with Crippen LogP contribution in [0.15, 0.2) is 51.7 Å². The molecule has 0 radical (unpaired) electrons. The molecule has 0 saturated heterocycles. The fraction of sp³-hybridized carbons (Fsp3) is 0.304. The Morgan fingerprint density at radius 3 is 2.48 bits per heavy atom. The Bertz CT molecular complexity index is 1150. The number of allylic oxidation sites excluding steroid dienone is 1. The fourth-order valence-electron chi connectivity index (χ4n) is 4.28. The van der Waals surface area contributed by atoms with Crippen molar-refractivity contribution in [2.45, 2.75) is 33.1 Å². The highest BCUT2D eigenvalue weighted by molar-refractivity contribution is 5.95. The molecule has 0 unspecified atom stereocenters. The van der Waals surface area contributed by atoms with E-state index in [-0.39, 0.29) is 11.2 Å². The van der Waals surface area contributed by atoms with Gasteiger partial charge >= 0.3 is 0 Å². The van der Waals surface area contributed by atoms with E-state index in [0.717, 1.165) is 17.9 Å². The minimum Gasteiger partial charge on any atom is -0.489 e. The number of hydrogen-bond donors (Lipinski definition) is 0. The lowest BCUT2D eigenvalue weighted by Gasteiger charge is -2.27. The summed E-state index contributed by atoms with van der Waals surface area (Å²) in [6.07, 6.45) is 1.85. The van der Waals surface area contributed by atoms with E-state index in [9.17, 15) is 9.59 Å². The van der Waals surface area contributed by atoms with Gasteiger partial charge < -0.3 is 9.64 Å². The van der Waals surface area contributed by atoms with Gasteiger partial charge in [0.05, 0.1) is 12.2 Å². The Morgan fingerprint density at radius 1 is 1.04 bits per heavy atom. The zero-order chi connectivity index (χ0) is 19.3. The number of rotatable bonds is 4. The summed E-state index contributed by atoms with van der Waals surface area (Å²) >= 11 is 0. The predicted molar refractivity (Wildman–Crippen MR) is 110 cm³/mol. The van der Waals surface area contributed by atoms with Gasteiger partial charge in [0.1, 0.15) is 0 Å². The van der Waals surface area contributed by atoms with Crippen LogP contribution in [0.3, 0.4) is 0 Å². The summed E-state index contributed by atoms with van der Waals surface area (Å²) in [7, 11) is 0. The van der Waals surface area contributed by atoms with E-state index in [1.165, 1.54) is 16.3 Å². The smallest absolute Gasteiger partial charge is 0.268 e. The molecule has 1 aliphatic rings. The topological polar surface area (TPSA) is 46.6 Å². The number of likely N-dealkylation sites (N-methyl/N-ethyl adjacent to an activating group) is 1. The SMILES string of the molecule is CCOc1c(/C=C2\N(CC)c3ccc4ccccc4c3C2(C)C)c(=O)c1=O. The van der Waals surface area contributed by atoms with Gasteiger partial charge in [-0.15, -0.1) is 0 Å². The monoisotopic (exact) mass is 361 g/mol. The summed E-state index contributed by atoms with van der Waals surface area (Å²) in [5, 5.41) is 2.42. The molecule has 0 bridgehead atoms. The number of ether oxygens (including phenoxy) is 1. The van der Waals surface area contributed by atoms with Crippen LogP contribution in [0.1, 0.15) is 38.8 Å². The Hall–Kier alpha value is -2.88. The molecule has 0 atom stereocenters. The van der Waals surface area contributed by atoms with Gasteiger partial charge in [-0.2, -0.15) is 0 Å². The fourth-order valence-corrected chi connectivity index (χ4v) is 4.28. The van der Waals surface area contributed by atoms with Gasteiger partial charge in [-0.05, 0) is 42.3 Å². The Morgan fingerprint density at radius 2 is 1.78 bits per heavy atom. The lowest BCUT2D eigenvalue weighted by molar-refractivity contribution is 0.332. The van der Waals surface area contributed by atoms with Crippen LogP contribution in [0.4, 0.5) is 5.69 Å². The van der Waals surface area contributed by atoms with Gasteiger partial charge in [0.2, 0.25) is 5.43 Å². The summed E-state index contributed by atoms with van der Waals surface area (Å²) in [5.41, 5.74) is 2.54. The largest absolute Gasteiger partial charge is 0.489 e. The molecule has 1 aliphatic heterocycles. The van der Waals surface area contributed by atoms with Crippen LogP contribution in [0.2, 0.25) is 0 Å². The highest BCUT2D eigenvalue weighted by atomic mass is 16.5. The van der Waals surface area contributed by atoms with Crippen molar-refractivity contribution < 1.29 is 4.74 Å². The number of hydrogen-bond acceptors (Lipinski definition) is 4. The van der Waals surface area contributed by atoms with Crippen molar-refractivity contribution in [3.05, 3.63) is 73.7 Å². The van der Waals surface area contributed by atoms with Crippen molar-refractivity contribution in [3.8, 4) is 5.75 Å². The molecule has 27 heavy (non-hydrogen) atoms. The molecule has 1 heterocycles. The van der Waals surface area contributed by atoms with E-state index in [0.29, 0.717) is 12.2 Å². The van der Waals surface area contributed by atoms with Crippen molar-refractivity contribution >= 4 is 22.5 Å². The normalized spacial score (nSPS) is 17.0. The molecule has 3 aromatic rings. The second-order valence-corrected chi connectivity index (χ2v) is 7.41. The average molecular weight is 361 g/mol. The zero-order valence-electron chi connectivity index (χ0n) is 16.1. The van der Waals surface area contributed by atoms with Crippen LogP contribution in [0.5, 0.6) is 5.75 Å². The van der Waals surface area contributed by atoms with Crippen LogP contribution in [0.25, 0.3) is 16.8 Å². The van der Waals surface area contributed by atoms with Gasteiger partial charge in [-0.25, -0.2) is 0 Å². The van der Waals surface area contributed by atoms with E-state index in [2.05, 4.69) is 56.0 Å². The molecule has 0 aliphatic carbocycles. The molecule has 0 spiro atoms. The van der Waals surface area contributed by atoms with E-state index >= 15 is 0 Å². The third kappa shape index (κ3) is 2.36. The Kier molecular flexibility index (Phi) is 3.95. The minimum absolute atomic E-state index is 0.197. The van der Waals surface area contributed by atoms with Crippen molar-refractivity contribution in [1.29, 1.82) is 0 Å². The first-order chi connectivity index (χ1) is 12.9. The molecule has 4 heteroatoms. The maximum absolute atomic E-state index is 12.2. The molecular formula is C23H23NO3. The van der Waals surface area contributed by atoms with Gasteiger partial charge in [0, 0.05) is 23.3 Å². The van der Waals surface area contributed by atoms with Crippen molar-refractivity contribution in [3.63, 3.8) is 0 Å². The summed E-state index contributed by atoms with van der Waals surface area (Å²) < 4.78 is 5.41. The quantitative estimate of drug-likeness (QED) is 0.659. The number of anilines is 1. The lowest BCUT2D eigenvalue weighted by Crippen LogP contribution is -2.36. The summed E-state index contributed by atoms with van der Waals surface area (Å²) in [5.74, 6) is 0.197. The third-order valence-electron chi connectivity index (χ3n) is 5.54. The van der Waals surface area contributed by atoms with Crippen LogP contribution < -0.4 is 20.5 Å². The van der Waals surface area contributed by atoms with Crippen LogP contribution >= 0.6 is 0 Å². The van der Waals surface area contributed by atoms with Crippen molar-refractivity contribution in [2.24, 2.45) is 0 Å². The second-order valence-electron chi connectivity index (χ2n) is 7.41. The van der Waals surface area contributed by atoms with E-state index in [1.807, 2.05) is 19.1 Å². The van der Waals surface area contributed by atoms with E-state index in [4.69, 9.17) is 4.74 Å². The molecule has 3 aromatic carbocycles. The highest BCUT2D eigenvalue weighted by Crippen LogP contribution is 2.51. The first-order valence-electron chi connectivity index (χ1n) is 9.39. The van der Waals surface area contributed by atoms with Gasteiger partial charge in [-0.3, -0.25) is 9.59 Å². The maximum Gasteiger partial charge on any atom is 0.268 e. The molecule has 0 aromatic heterocycles. The second kappa shape index (κ2) is 6.08. The maximum atomic E-state index is 12.2. The first kappa shape index (κ1) is 17.5. The summed E-state index contributed by atoms with van der Waals surface area (Å²) in [6.45, 7) is 9.40. The van der Waals surface area contributed by atoms with Gasteiger partial charge in [0.25, 0.3) is 5.43 Å². The summed E-state index contributed by atoms with van der Waals surface area (Å²) in [6, 6.07) is 12.7. The molecule has 0 saturated carbocycles. The average Bonchev–Trinajstić information content (AvgIpc) is 2.90. The predicted octanol–water partition coefficient (Wildman–Crippen LogP) is 3.99. The molecule has 0 N–H and O–H groups in total. The molecule has 4 nitrogen and oxygen atoms in total. The van der Waals surface area contributed by atoms with E-state index in [1.54, 1.807) is 0 Å².